The van der Waals surface area contributed by atoms with Gasteiger partial charge in [-0.2, -0.15) is 0 Å². The minimum Gasteiger partial charge on any atom is -0.300 e. The molecule has 1 fully saturated rings. The largest absolute Gasteiger partial charge is 0.300 e. The van der Waals surface area contributed by atoms with Gasteiger partial charge >= 0.3 is 0 Å². The first-order chi connectivity index (χ1) is 5.97. The van der Waals surface area contributed by atoms with E-state index in [0.29, 0.717) is 25.6 Å². The van der Waals surface area contributed by atoms with Crippen LogP contribution in [0.5, 0.6) is 0 Å². The van der Waals surface area contributed by atoms with Crippen molar-refractivity contribution in [1.82, 2.24) is 4.90 Å². The molecule has 1 aliphatic rings. The summed E-state index contributed by atoms with van der Waals surface area (Å²) in [5.74, 6) is -2.87. The van der Waals surface area contributed by atoms with E-state index in [2.05, 4.69) is 18.7 Å². The van der Waals surface area contributed by atoms with Crippen molar-refractivity contribution in [3.63, 3.8) is 0 Å². The van der Waals surface area contributed by atoms with Gasteiger partial charge < -0.3 is 4.90 Å². The maximum absolute atomic E-state index is 13.3. The van der Waals surface area contributed by atoms with Crippen molar-refractivity contribution in [1.29, 1.82) is 0 Å². The third-order valence-corrected chi connectivity index (χ3v) is 3.01. The van der Waals surface area contributed by atoms with Gasteiger partial charge in [-0.15, -0.1) is 0 Å². The second-order valence-corrected chi connectivity index (χ2v) is 4.20. The summed E-state index contributed by atoms with van der Waals surface area (Å²) < 4.78 is 26.6. The zero-order valence-electron chi connectivity index (χ0n) is 8.69. The van der Waals surface area contributed by atoms with E-state index >= 15 is 0 Å². The molecule has 1 atom stereocenters. The van der Waals surface area contributed by atoms with Gasteiger partial charge in [0.25, 0.3) is 5.92 Å². The van der Waals surface area contributed by atoms with Crippen molar-refractivity contribution in [2.45, 2.75) is 45.6 Å². The van der Waals surface area contributed by atoms with Crippen LogP contribution in [0, 0.1) is 5.92 Å². The maximum Gasteiger partial charge on any atom is 0.253 e. The number of hydrogen-bond donors (Lipinski definition) is 0. The topological polar surface area (TPSA) is 3.24 Å². The third-order valence-electron chi connectivity index (χ3n) is 3.01. The Bertz CT molecular complexity index is 168. The zero-order valence-corrected chi connectivity index (χ0v) is 8.69. The second-order valence-electron chi connectivity index (χ2n) is 4.20. The lowest BCUT2D eigenvalue weighted by Crippen LogP contribution is -2.49. The molecule has 0 bridgehead atoms. The van der Waals surface area contributed by atoms with E-state index in [1.54, 1.807) is 0 Å². The first-order valence-electron chi connectivity index (χ1n) is 5.09. The van der Waals surface area contributed by atoms with E-state index in [0.717, 1.165) is 0 Å². The molecule has 0 aliphatic carbocycles. The standard InChI is InChI=1S/C10H19F2N/c1-4-9-7-13(8(2)3)6-5-10(9,11)12/h8-9H,4-7H2,1-3H3/t9-/m0/s1. The number of rotatable bonds is 2. The quantitative estimate of drug-likeness (QED) is 0.648. The van der Waals surface area contributed by atoms with Crippen molar-refractivity contribution in [3.8, 4) is 0 Å². The molecular formula is C10H19F2N. The number of alkyl halides is 2. The molecule has 0 aromatic heterocycles. The first kappa shape index (κ1) is 10.9. The predicted molar refractivity (Wildman–Crippen MR) is 50.1 cm³/mol. The normalized spacial score (nSPS) is 29.5. The molecule has 13 heavy (non-hydrogen) atoms. The Morgan fingerprint density at radius 2 is 2.08 bits per heavy atom. The number of halogens is 2. The molecule has 0 saturated carbocycles. The van der Waals surface area contributed by atoms with Gasteiger partial charge in [0.1, 0.15) is 0 Å². The highest BCUT2D eigenvalue weighted by Gasteiger charge is 2.42. The summed E-state index contributed by atoms with van der Waals surface area (Å²) in [6.45, 7) is 7.08. The Kier molecular flexibility index (Phi) is 3.28. The smallest absolute Gasteiger partial charge is 0.253 e. The highest BCUT2D eigenvalue weighted by atomic mass is 19.3. The van der Waals surface area contributed by atoms with E-state index in [-0.39, 0.29) is 6.42 Å². The fraction of sp³-hybridized carbons (Fsp3) is 1.00. The fourth-order valence-electron chi connectivity index (χ4n) is 1.90. The summed E-state index contributed by atoms with van der Waals surface area (Å²) in [4.78, 5) is 2.14. The first-order valence-corrected chi connectivity index (χ1v) is 5.09. The molecule has 3 heteroatoms. The molecular weight excluding hydrogens is 172 g/mol. The highest BCUT2D eigenvalue weighted by molar-refractivity contribution is 4.86. The SMILES string of the molecule is CC[C@H]1CN(C(C)C)CCC1(F)F. The van der Waals surface area contributed by atoms with Crippen LogP contribution >= 0.6 is 0 Å². The van der Waals surface area contributed by atoms with Crippen LogP contribution in [0.3, 0.4) is 0 Å². The van der Waals surface area contributed by atoms with Crippen molar-refractivity contribution < 1.29 is 8.78 Å². The van der Waals surface area contributed by atoms with Crippen molar-refractivity contribution in [2.75, 3.05) is 13.1 Å². The van der Waals surface area contributed by atoms with Crippen LogP contribution in [0.15, 0.2) is 0 Å². The summed E-state index contributed by atoms with van der Waals surface area (Å²) in [7, 11) is 0. The van der Waals surface area contributed by atoms with Gasteiger partial charge in [-0.05, 0) is 20.3 Å². The molecule has 0 radical (unpaired) electrons. The minimum absolute atomic E-state index is 0.0314. The van der Waals surface area contributed by atoms with Gasteiger partial charge in [0, 0.05) is 31.5 Å². The zero-order chi connectivity index (χ0) is 10.1. The van der Waals surface area contributed by atoms with Gasteiger partial charge in [0.2, 0.25) is 0 Å². The van der Waals surface area contributed by atoms with E-state index < -0.39 is 11.8 Å². The lowest BCUT2D eigenvalue weighted by atomic mass is 9.90. The second kappa shape index (κ2) is 3.91. The Morgan fingerprint density at radius 3 is 2.54 bits per heavy atom. The molecule has 0 aromatic rings. The van der Waals surface area contributed by atoms with E-state index in [4.69, 9.17) is 0 Å². The number of hydrogen-bond acceptors (Lipinski definition) is 1. The van der Waals surface area contributed by atoms with Gasteiger partial charge in [0.05, 0.1) is 0 Å². The molecule has 1 heterocycles. The Labute approximate surface area is 79.1 Å². The van der Waals surface area contributed by atoms with Gasteiger partial charge in [-0.3, -0.25) is 0 Å². The molecule has 0 N–H and O–H groups in total. The molecule has 1 saturated heterocycles. The average Bonchev–Trinajstić information content (AvgIpc) is 2.03. The van der Waals surface area contributed by atoms with Crippen LogP contribution in [0.2, 0.25) is 0 Å². The van der Waals surface area contributed by atoms with Crippen molar-refractivity contribution in [3.05, 3.63) is 0 Å². The molecule has 1 aliphatic heterocycles. The summed E-state index contributed by atoms with van der Waals surface area (Å²) >= 11 is 0. The monoisotopic (exact) mass is 191 g/mol. The third kappa shape index (κ3) is 2.39. The molecule has 0 aromatic carbocycles. The van der Waals surface area contributed by atoms with E-state index in [9.17, 15) is 8.78 Å². The summed E-state index contributed by atoms with van der Waals surface area (Å²) in [6.07, 6.45) is 0.611. The fourth-order valence-corrected chi connectivity index (χ4v) is 1.90. The Balaban J connectivity index is 2.58. The van der Waals surface area contributed by atoms with Crippen molar-refractivity contribution >= 4 is 0 Å². The molecule has 0 amide bonds. The summed E-state index contributed by atoms with van der Waals surface area (Å²) in [6, 6.07) is 0.394. The van der Waals surface area contributed by atoms with Crippen LogP contribution in [0.25, 0.3) is 0 Å². The van der Waals surface area contributed by atoms with Crippen LogP contribution in [0.1, 0.15) is 33.6 Å². The van der Waals surface area contributed by atoms with Crippen LogP contribution in [-0.4, -0.2) is 30.0 Å². The average molecular weight is 191 g/mol. The number of nitrogens with zero attached hydrogens (tertiary/aromatic N) is 1. The van der Waals surface area contributed by atoms with E-state index in [1.807, 2.05) is 6.92 Å². The van der Waals surface area contributed by atoms with Crippen LogP contribution in [0.4, 0.5) is 8.78 Å². The molecule has 0 spiro atoms. The number of piperidine rings is 1. The predicted octanol–water partition coefficient (Wildman–Crippen LogP) is 2.76. The van der Waals surface area contributed by atoms with Gasteiger partial charge in [-0.1, -0.05) is 6.92 Å². The Morgan fingerprint density at radius 1 is 1.46 bits per heavy atom. The summed E-state index contributed by atoms with van der Waals surface area (Å²) in [5.41, 5.74) is 0. The van der Waals surface area contributed by atoms with Gasteiger partial charge in [-0.25, -0.2) is 8.78 Å². The highest BCUT2D eigenvalue weighted by Crippen LogP contribution is 2.35. The van der Waals surface area contributed by atoms with Gasteiger partial charge in [0.15, 0.2) is 0 Å². The Hall–Kier alpha value is -0.180. The van der Waals surface area contributed by atoms with Crippen LogP contribution in [-0.2, 0) is 0 Å². The van der Waals surface area contributed by atoms with E-state index in [1.165, 1.54) is 0 Å². The minimum atomic E-state index is -2.43. The summed E-state index contributed by atoms with van der Waals surface area (Å²) in [5, 5.41) is 0. The molecule has 1 rings (SSSR count). The number of likely N-dealkylation sites (tertiary alicyclic amines) is 1. The lowest BCUT2D eigenvalue weighted by Gasteiger charge is -2.40. The molecule has 1 nitrogen and oxygen atoms in total. The van der Waals surface area contributed by atoms with Crippen molar-refractivity contribution in [2.24, 2.45) is 5.92 Å². The molecule has 78 valence electrons. The lowest BCUT2D eigenvalue weighted by molar-refractivity contribution is -0.111. The molecule has 0 unspecified atom stereocenters. The maximum atomic E-state index is 13.3. The van der Waals surface area contributed by atoms with Crippen LogP contribution < -0.4 is 0 Å².